The van der Waals surface area contributed by atoms with Gasteiger partial charge in [-0.05, 0) is 60.0 Å². The Morgan fingerprint density at radius 1 is 1.02 bits per heavy atom. The number of amides is 1. The van der Waals surface area contributed by atoms with Crippen LogP contribution in [0.3, 0.4) is 0 Å². The van der Waals surface area contributed by atoms with Gasteiger partial charge in [-0.1, -0.05) is 49.2 Å². The number of unbranched alkanes of at least 4 members (excludes halogenated alkanes) is 1. The number of hydrogen-bond donors (Lipinski definition) is 1. The normalized spacial score (nSPS) is 20.0. The van der Waals surface area contributed by atoms with Crippen molar-refractivity contribution in [2.45, 2.75) is 31.7 Å². The number of halogens is 1. The number of carboxylic acids is 1. The molecule has 5 rings (SSSR count). The Balaban J connectivity index is 1.51. The van der Waals surface area contributed by atoms with Gasteiger partial charge in [0.2, 0.25) is 5.91 Å². The number of carbonyl (C=O) groups excluding carboxylic acids is 1. The molecule has 2 aliphatic heterocycles. The zero-order valence-electron chi connectivity index (χ0n) is 23.3. The third-order valence-electron chi connectivity index (χ3n) is 7.83. The molecule has 3 aromatic carbocycles. The fourth-order valence-electron chi connectivity index (χ4n) is 5.84. The second-order valence-corrected chi connectivity index (χ2v) is 10.8. The van der Waals surface area contributed by atoms with Crippen LogP contribution in [0.2, 0.25) is 5.02 Å². The number of nitrogens with zero attached hydrogens (tertiary/aromatic N) is 2. The van der Waals surface area contributed by atoms with Crippen LogP contribution in [0, 0.1) is 5.92 Å². The van der Waals surface area contributed by atoms with Gasteiger partial charge in [0.1, 0.15) is 19.0 Å². The summed E-state index contributed by atoms with van der Waals surface area (Å²) in [6.45, 7) is 3.98. The number of carbonyl (C=O) groups is 2. The molecule has 1 amide bonds. The lowest BCUT2D eigenvalue weighted by molar-refractivity contribution is -0.143. The molecule has 8 nitrogen and oxygen atoms in total. The molecule has 1 fully saturated rings. The fourth-order valence-corrected chi connectivity index (χ4v) is 6.02. The fraction of sp³-hybridized carbons (Fsp3) is 0.375. The van der Waals surface area contributed by atoms with Gasteiger partial charge in [0.15, 0.2) is 11.5 Å². The van der Waals surface area contributed by atoms with Crippen LogP contribution in [-0.2, 0) is 9.59 Å². The van der Waals surface area contributed by atoms with Gasteiger partial charge in [0.05, 0.1) is 19.6 Å². The quantitative estimate of drug-likeness (QED) is 0.325. The topological polar surface area (TPSA) is 88.5 Å². The van der Waals surface area contributed by atoms with E-state index in [0.717, 1.165) is 29.7 Å². The van der Waals surface area contributed by atoms with E-state index in [-0.39, 0.29) is 18.4 Å². The molecule has 1 N–H and O–H groups in total. The minimum absolute atomic E-state index is 0.0533. The van der Waals surface area contributed by atoms with E-state index in [0.29, 0.717) is 48.6 Å². The van der Waals surface area contributed by atoms with Crippen LogP contribution in [0.1, 0.15) is 42.9 Å². The molecule has 3 atom stereocenters. The summed E-state index contributed by atoms with van der Waals surface area (Å²) in [7, 11) is 1.59. The highest BCUT2D eigenvalue weighted by atomic mass is 35.5. The van der Waals surface area contributed by atoms with Gasteiger partial charge < -0.3 is 24.2 Å². The molecule has 41 heavy (non-hydrogen) atoms. The highest BCUT2D eigenvalue weighted by Gasteiger charge is 2.48. The summed E-state index contributed by atoms with van der Waals surface area (Å²) in [5, 5.41) is 11.1. The number of anilines is 1. The van der Waals surface area contributed by atoms with E-state index in [1.807, 2.05) is 59.5 Å². The Morgan fingerprint density at radius 3 is 2.44 bits per heavy atom. The molecule has 2 heterocycles. The van der Waals surface area contributed by atoms with Gasteiger partial charge >= 0.3 is 5.97 Å². The summed E-state index contributed by atoms with van der Waals surface area (Å²) < 4.78 is 16.8. The maximum absolute atomic E-state index is 13.9. The molecule has 3 aromatic rings. The van der Waals surface area contributed by atoms with Gasteiger partial charge in [-0.3, -0.25) is 14.5 Å². The lowest BCUT2D eigenvalue weighted by atomic mass is 9.82. The number of carboxylic acid groups (broad SMARTS) is 1. The Hall–Kier alpha value is -3.75. The second-order valence-electron chi connectivity index (χ2n) is 10.4. The van der Waals surface area contributed by atoms with E-state index in [2.05, 4.69) is 6.92 Å². The zero-order chi connectivity index (χ0) is 28.9. The Kier molecular flexibility index (Phi) is 9.00. The third-order valence-corrected chi connectivity index (χ3v) is 8.06. The first kappa shape index (κ1) is 28.8. The molecule has 3 unspecified atom stereocenters. The average molecular weight is 579 g/mol. The number of likely N-dealkylation sites (tertiary alicyclic amines) is 1. The van der Waals surface area contributed by atoms with Gasteiger partial charge in [-0.25, -0.2) is 0 Å². The van der Waals surface area contributed by atoms with Crippen LogP contribution in [0.15, 0.2) is 66.7 Å². The summed E-state index contributed by atoms with van der Waals surface area (Å²) in [5.74, 6) is -0.259. The highest BCUT2D eigenvalue weighted by molar-refractivity contribution is 6.30. The highest BCUT2D eigenvalue weighted by Crippen LogP contribution is 2.47. The van der Waals surface area contributed by atoms with Crippen molar-refractivity contribution in [3.8, 4) is 17.2 Å². The lowest BCUT2D eigenvalue weighted by Gasteiger charge is -2.30. The zero-order valence-corrected chi connectivity index (χ0v) is 24.0. The van der Waals surface area contributed by atoms with E-state index >= 15 is 0 Å². The van der Waals surface area contributed by atoms with Crippen LogP contribution in [0.5, 0.6) is 17.2 Å². The molecule has 1 saturated heterocycles. The number of aliphatic carboxylic acids is 1. The first-order chi connectivity index (χ1) is 19.9. The predicted molar refractivity (Wildman–Crippen MR) is 157 cm³/mol. The molecular formula is C32H35ClN2O6. The Morgan fingerprint density at radius 2 is 1.76 bits per heavy atom. The van der Waals surface area contributed by atoms with Crippen molar-refractivity contribution in [2.24, 2.45) is 5.92 Å². The van der Waals surface area contributed by atoms with Crippen molar-refractivity contribution >= 4 is 29.2 Å². The third kappa shape index (κ3) is 6.29. The van der Waals surface area contributed by atoms with E-state index in [1.165, 1.54) is 0 Å². The van der Waals surface area contributed by atoms with Crippen LogP contribution in [0.4, 0.5) is 5.69 Å². The van der Waals surface area contributed by atoms with Crippen molar-refractivity contribution in [3.63, 3.8) is 0 Å². The molecule has 0 saturated carbocycles. The molecule has 0 aromatic heterocycles. The average Bonchev–Trinajstić information content (AvgIpc) is 3.36. The molecular weight excluding hydrogens is 544 g/mol. The van der Waals surface area contributed by atoms with Crippen LogP contribution >= 0.6 is 11.6 Å². The summed E-state index contributed by atoms with van der Waals surface area (Å²) in [6.07, 6.45) is 1.76. The SMILES string of the molecule is CCCCN(C(=O)CN1CC(c2ccc3c(c2)OCCO3)C(C(=O)O)C1c1ccc(OC)cc1)c1cccc(Cl)c1. The monoisotopic (exact) mass is 578 g/mol. The number of ether oxygens (including phenoxy) is 3. The van der Waals surface area contributed by atoms with Crippen molar-refractivity contribution < 1.29 is 28.9 Å². The summed E-state index contributed by atoms with van der Waals surface area (Å²) >= 11 is 6.27. The number of benzene rings is 3. The first-order valence-electron chi connectivity index (χ1n) is 14.0. The largest absolute Gasteiger partial charge is 0.497 e. The predicted octanol–water partition coefficient (Wildman–Crippen LogP) is 5.79. The number of hydrogen-bond acceptors (Lipinski definition) is 6. The first-order valence-corrected chi connectivity index (χ1v) is 14.3. The summed E-state index contributed by atoms with van der Waals surface area (Å²) in [4.78, 5) is 30.6. The molecule has 0 spiro atoms. The van der Waals surface area contributed by atoms with Crippen molar-refractivity contribution in [1.82, 2.24) is 4.90 Å². The van der Waals surface area contributed by atoms with Crippen LogP contribution < -0.4 is 19.1 Å². The van der Waals surface area contributed by atoms with Crippen LogP contribution in [-0.4, -0.2) is 61.8 Å². The molecule has 0 bridgehead atoms. The smallest absolute Gasteiger partial charge is 0.309 e. The minimum Gasteiger partial charge on any atom is -0.497 e. The van der Waals surface area contributed by atoms with Gasteiger partial charge in [-0.2, -0.15) is 0 Å². The second kappa shape index (κ2) is 12.8. The maximum atomic E-state index is 13.9. The molecule has 216 valence electrons. The molecule has 9 heteroatoms. The van der Waals surface area contributed by atoms with Gasteiger partial charge in [0, 0.05) is 35.8 Å². The number of rotatable bonds is 10. The molecule has 0 radical (unpaired) electrons. The molecule has 0 aliphatic carbocycles. The van der Waals surface area contributed by atoms with E-state index in [1.54, 1.807) is 24.1 Å². The summed E-state index contributed by atoms with van der Waals surface area (Å²) in [5.41, 5.74) is 2.39. The van der Waals surface area contributed by atoms with Crippen molar-refractivity contribution in [3.05, 3.63) is 82.9 Å². The van der Waals surface area contributed by atoms with Crippen molar-refractivity contribution in [2.75, 3.05) is 44.9 Å². The van der Waals surface area contributed by atoms with Crippen LogP contribution in [0.25, 0.3) is 0 Å². The number of fused-ring (bicyclic) bond motifs is 1. The summed E-state index contributed by atoms with van der Waals surface area (Å²) in [6, 6.07) is 19.8. The lowest BCUT2D eigenvalue weighted by Crippen LogP contribution is -2.41. The standard InChI is InChI=1S/C32H35ClN2O6/c1-3-4-14-35(24-7-5-6-23(33)18-24)29(36)20-34-19-26(22-10-13-27-28(17-22)41-16-15-40-27)30(32(37)38)31(34)21-8-11-25(39-2)12-9-21/h5-13,17-18,26,30-31H,3-4,14-16,19-20H2,1-2H3,(H,37,38). The number of methoxy groups -OCH3 is 1. The molecule has 2 aliphatic rings. The van der Waals surface area contributed by atoms with E-state index < -0.39 is 17.9 Å². The van der Waals surface area contributed by atoms with Gasteiger partial charge in [-0.15, -0.1) is 0 Å². The Labute approximate surface area is 245 Å². The van der Waals surface area contributed by atoms with Crippen molar-refractivity contribution in [1.29, 1.82) is 0 Å². The van der Waals surface area contributed by atoms with E-state index in [9.17, 15) is 14.7 Å². The maximum Gasteiger partial charge on any atom is 0.309 e. The Bertz CT molecular complexity index is 1380. The van der Waals surface area contributed by atoms with E-state index in [4.69, 9.17) is 25.8 Å². The minimum atomic E-state index is -0.918. The van der Waals surface area contributed by atoms with Gasteiger partial charge in [0.25, 0.3) is 0 Å².